The van der Waals surface area contributed by atoms with Crippen LogP contribution in [-0.4, -0.2) is 62.3 Å². The molecular formula is C23H39BN4O4S2. The van der Waals surface area contributed by atoms with Gasteiger partial charge in [0.25, 0.3) is 0 Å². The lowest BCUT2D eigenvalue weighted by Gasteiger charge is -2.27. The zero-order valence-corrected chi connectivity index (χ0v) is 22.6. The topological polar surface area (TPSA) is 123 Å². The number of amides is 3. The van der Waals surface area contributed by atoms with Crippen molar-refractivity contribution in [3.63, 3.8) is 0 Å². The molecule has 0 spiro atoms. The molecule has 0 fully saturated rings. The number of carbonyl (C=O) groups is 3. The Morgan fingerprint density at radius 2 is 1.85 bits per heavy atom. The van der Waals surface area contributed by atoms with Crippen molar-refractivity contribution in [3.8, 4) is 0 Å². The lowest BCUT2D eigenvalue weighted by atomic mass is 9.97. The van der Waals surface area contributed by atoms with E-state index in [4.69, 9.17) is 17.8 Å². The molecule has 1 aromatic rings. The summed E-state index contributed by atoms with van der Waals surface area (Å²) >= 11 is 5.46. The van der Waals surface area contributed by atoms with Gasteiger partial charge in [0, 0.05) is 11.9 Å². The van der Waals surface area contributed by atoms with Crippen LogP contribution in [0.15, 0.2) is 24.3 Å². The van der Waals surface area contributed by atoms with Gasteiger partial charge in [0.15, 0.2) is 0 Å². The molecule has 1 rings (SSSR count). The van der Waals surface area contributed by atoms with Gasteiger partial charge in [-0.1, -0.05) is 51.2 Å². The first kappa shape index (κ1) is 32.3. The van der Waals surface area contributed by atoms with Crippen molar-refractivity contribution in [3.05, 3.63) is 29.8 Å². The van der Waals surface area contributed by atoms with E-state index in [-0.39, 0.29) is 25.0 Å². The van der Waals surface area contributed by atoms with E-state index < -0.39 is 22.6 Å². The molecule has 0 saturated heterocycles. The normalized spacial score (nSPS) is 13.2. The quantitative estimate of drug-likeness (QED) is 0.158. The number of unbranched alkanes of at least 4 members (excludes halogenated alkanes) is 1. The predicted molar refractivity (Wildman–Crippen MR) is 145 cm³/mol. The number of nitrogens with one attached hydrogen (secondary N) is 3. The molecule has 11 heteroatoms. The van der Waals surface area contributed by atoms with Crippen LogP contribution in [0, 0.1) is 5.92 Å². The van der Waals surface area contributed by atoms with Crippen LogP contribution in [0.1, 0.15) is 46.1 Å². The number of carbonyl (C=O) groups excluding carboxylic acids is 3. The molecule has 0 aliphatic carbocycles. The van der Waals surface area contributed by atoms with E-state index in [1.807, 2.05) is 12.1 Å². The highest BCUT2D eigenvalue weighted by atomic mass is 32.2. The Morgan fingerprint density at radius 3 is 2.29 bits per heavy atom. The Hall–Kier alpha value is -1.69. The highest BCUT2D eigenvalue weighted by molar-refractivity contribution is 7.94. The van der Waals surface area contributed by atoms with Crippen molar-refractivity contribution >= 4 is 55.9 Å². The van der Waals surface area contributed by atoms with E-state index in [1.54, 1.807) is 39.2 Å². The summed E-state index contributed by atoms with van der Waals surface area (Å²) in [7, 11) is 5.54. The summed E-state index contributed by atoms with van der Waals surface area (Å²) in [5.74, 6) is -1.43. The van der Waals surface area contributed by atoms with Crippen molar-refractivity contribution in [1.29, 1.82) is 0 Å². The summed E-state index contributed by atoms with van der Waals surface area (Å²) in [4.78, 5) is 37.1. The molecule has 190 valence electrons. The zero-order chi connectivity index (χ0) is 26.1. The minimum atomic E-state index is -1.09. The van der Waals surface area contributed by atoms with Gasteiger partial charge in [0.1, 0.15) is 10.8 Å². The van der Waals surface area contributed by atoms with Crippen LogP contribution >= 0.6 is 24.7 Å². The lowest BCUT2D eigenvalue weighted by molar-refractivity contribution is -0.131. The first-order valence-electron chi connectivity index (χ1n) is 11.3. The number of thiol groups is 1. The van der Waals surface area contributed by atoms with Crippen LogP contribution in [-0.2, 0) is 24.9 Å². The van der Waals surface area contributed by atoms with Gasteiger partial charge in [0.05, 0.1) is 21.0 Å². The summed E-state index contributed by atoms with van der Waals surface area (Å²) in [6.45, 7) is 8.06. The number of benzene rings is 1. The maximum absolute atomic E-state index is 12.5. The molecule has 8 nitrogen and oxygen atoms in total. The van der Waals surface area contributed by atoms with Crippen LogP contribution in [0.2, 0.25) is 0 Å². The predicted octanol–water partition coefficient (Wildman–Crippen LogP) is 2.28. The maximum Gasteiger partial charge on any atom is 0.243 e. The molecule has 5 N–H and O–H groups in total. The van der Waals surface area contributed by atoms with Gasteiger partial charge < -0.3 is 25.9 Å². The highest BCUT2D eigenvalue weighted by Crippen LogP contribution is 2.18. The Labute approximate surface area is 215 Å². The van der Waals surface area contributed by atoms with Crippen molar-refractivity contribution in [2.24, 2.45) is 11.7 Å². The fourth-order valence-electron chi connectivity index (χ4n) is 2.48. The average molecular weight is 511 g/mol. The van der Waals surface area contributed by atoms with Crippen LogP contribution < -0.4 is 21.7 Å². The maximum atomic E-state index is 12.5. The van der Waals surface area contributed by atoms with Crippen molar-refractivity contribution < 1.29 is 18.6 Å². The van der Waals surface area contributed by atoms with E-state index in [2.05, 4.69) is 35.5 Å². The average Bonchev–Trinajstić information content (AvgIpc) is 2.80. The molecule has 1 aromatic carbocycles. The van der Waals surface area contributed by atoms with E-state index >= 15 is 0 Å². The fraction of sp³-hybridized carbons (Fsp3) is 0.609. The van der Waals surface area contributed by atoms with Gasteiger partial charge in [-0.15, -0.1) is 0 Å². The first-order chi connectivity index (χ1) is 16.0. The Kier molecular flexibility index (Phi) is 16.8. The molecule has 0 saturated carbocycles. The van der Waals surface area contributed by atoms with Gasteiger partial charge in [-0.25, -0.2) is 0 Å². The van der Waals surface area contributed by atoms with Crippen LogP contribution in [0.3, 0.4) is 0 Å². The fourth-order valence-corrected chi connectivity index (χ4v) is 3.05. The molecule has 2 radical (unpaired) electrons. The van der Waals surface area contributed by atoms with Crippen LogP contribution in [0.25, 0.3) is 0 Å². The molecule has 0 aromatic heterocycles. The molecule has 34 heavy (non-hydrogen) atoms. The molecule has 2 unspecified atom stereocenters. The van der Waals surface area contributed by atoms with Gasteiger partial charge in [-0.3, -0.25) is 14.4 Å². The largest absolute Gasteiger partial charge is 0.345 e. The molecule has 0 bridgehead atoms. The molecule has 0 aliphatic heterocycles. The Morgan fingerprint density at radius 1 is 1.24 bits per heavy atom. The standard InChI is InChI=1S/C19H28BN3O4S2.C4H11N/c1-12(2)16(23-18(26)19(3,28)11-27-29-4)17(25)21-10-15(24)22-14-7-5-13(9-20)6-8-14;1-2-3-4-5/h5-8,12,16,28H,9-11H2,1-4H3,(H,21,25)(H,22,24)(H,23,26);2-5H2,1H3. The van der Waals surface area contributed by atoms with E-state index in [0.717, 1.165) is 24.2 Å². The summed E-state index contributed by atoms with van der Waals surface area (Å²) in [6.07, 6.45) is 4.54. The van der Waals surface area contributed by atoms with Gasteiger partial charge >= 0.3 is 0 Å². The summed E-state index contributed by atoms with van der Waals surface area (Å²) in [5, 5.41) is 7.94. The Bertz CT molecular complexity index is 747. The third-order valence-electron chi connectivity index (χ3n) is 4.64. The summed E-state index contributed by atoms with van der Waals surface area (Å²) in [6, 6.07) is 6.30. The van der Waals surface area contributed by atoms with Gasteiger partial charge in [-0.2, -0.15) is 12.6 Å². The number of rotatable bonds is 13. The Balaban J connectivity index is 0.00000196. The van der Waals surface area contributed by atoms with E-state index in [1.165, 1.54) is 12.8 Å². The van der Waals surface area contributed by atoms with Gasteiger partial charge in [-0.05, 0) is 50.0 Å². The lowest BCUT2D eigenvalue weighted by Crippen LogP contribution is -2.55. The van der Waals surface area contributed by atoms with E-state index in [0.29, 0.717) is 12.0 Å². The third-order valence-corrected chi connectivity index (χ3v) is 5.32. The number of hydrogen-bond acceptors (Lipinski definition) is 7. The zero-order valence-electron chi connectivity index (χ0n) is 20.8. The second-order valence-corrected chi connectivity index (χ2v) is 9.76. The van der Waals surface area contributed by atoms with Crippen molar-refractivity contribution in [2.75, 3.05) is 31.3 Å². The molecular weight excluding hydrogens is 471 g/mol. The minimum Gasteiger partial charge on any atom is -0.345 e. The highest BCUT2D eigenvalue weighted by Gasteiger charge is 2.34. The first-order valence-corrected chi connectivity index (χ1v) is 12.9. The number of nitrogens with two attached hydrogens (primary N) is 1. The second-order valence-electron chi connectivity index (χ2n) is 8.21. The van der Waals surface area contributed by atoms with Crippen molar-refractivity contribution in [1.82, 2.24) is 10.6 Å². The second kappa shape index (κ2) is 17.7. The monoisotopic (exact) mass is 510 g/mol. The minimum absolute atomic E-state index is 0.0842. The summed E-state index contributed by atoms with van der Waals surface area (Å²) in [5.41, 5.74) is 6.70. The van der Waals surface area contributed by atoms with Gasteiger partial charge in [0.2, 0.25) is 17.7 Å². The van der Waals surface area contributed by atoms with Crippen LogP contribution in [0.5, 0.6) is 0 Å². The third kappa shape index (κ3) is 13.3. The SMILES string of the molecule is CCCCN.[B]Cc1ccc(NC(=O)CNC(=O)C(NC(=O)C(C)(S)COSC)C(C)C)cc1. The molecule has 2 atom stereocenters. The smallest absolute Gasteiger partial charge is 0.243 e. The molecule has 0 heterocycles. The van der Waals surface area contributed by atoms with E-state index in [9.17, 15) is 14.4 Å². The van der Waals surface area contributed by atoms with Crippen LogP contribution in [0.4, 0.5) is 5.69 Å². The number of hydrogen-bond donors (Lipinski definition) is 5. The molecule has 3 amide bonds. The molecule has 0 aliphatic rings. The number of anilines is 1. The van der Waals surface area contributed by atoms with Crippen molar-refractivity contribution in [2.45, 2.75) is 57.6 Å². The summed E-state index contributed by atoms with van der Waals surface area (Å²) < 4.78 is 4.10.